The lowest BCUT2D eigenvalue weighted by Crippen LogP contribution is -2.29. The predicted molar refractivity (Wildman–Crippen MR) is 141 cm³/mol. The Bertz CT molecular complexity index is 1280. The Labute approximate surface area is 206 Å². The molecule has 0 bridgehead atoms. The van der Waals surface area contributed by atoms with Crippen molar-refractivity contribution in [1.82, 2.24) is 19.9 Å². The van der Waals surface area contributed by atoms with Crippen molar-refractivity contribution in [2.75, 3.05) is 4.90 Å². The van der Waals surface area contributed by atoms with Crippen LogP contribution in [0.25, 0.3) is 0 Å². The summed E-state index contributed by atoms with van der Waals surface area (Å²) in [5.41, 5.74) is 8.35. The Hall–Kier alpha value is -3.51. The van der Waals surface area contributed by atoms with Gasteiger partial charge in [0, 0.05) is 42.2 Å². The number of benzene rings is 1. The van der Waals surface area contributed by atoms with E-state index in [0.717, 1.165) is 29.5 Å². The van der Waals surface area contributed by atoms with Gasteiger partial charge in [-0.05, 0) is 91.6 Å². The number of aromatic nitrogens is 3. The number of nitrogens with zero attached hydrogens (tertiary/aromatic N) is 4. The fourth-order valence-corrected chi connectivity index (χ4v) is 5.23. The van der Waals surface area contributed by atoms with Crippen LogP contribution in [0, 0.1) is 13.8 Å². The number of hydrogen-bond donors (Lipinski definition) is 1. The molecule has 34 heavy (non-hydrogen) atoms. The molecule has 1 aliphatic heterocycles. The minimum atomic E-state index is -0.0468. The monoisotopic (exact) mass is 467 g/mol. The highest BCUT2D eigenvalue weighted by molar-refractivity contribution is 7.80. The Morgan fingerprint density at radius 1 is 0.941 bits per heavy atom. The van der Waals surface area contributed by atoms with Crippen LogP contribution < -0.4 is 10.2 Å². The molecule has 0 radical (unpaired) electrons. The summed E-state index contributed by atoms with van der Waals surface area (Å²) in [5.74, 6) is 0. The van der Waals surface area contributed by atoms with Crippen LogP contribution in [0.2, 0.25) is 0 Å². The summed E-state index contributed by atoms with van der Waals surface area (Å²) in [5, 5.41) is 4.30. The van der Waals surface area contributed by atoms with Crippen molar-refractivity contribution in [2.24, 2.45) is 0 Å². The third-order valence-electron chi connectivity index (χ3n) is 6.74. The van der Waals surface area contributed by atoms with Gasteiger partial charge in [-0.15, -0.1) is 0 Å². The fourth-order valence-electron chi connectivity index (χ4n) is 4.88. The van der Waals surface area contributed by atoms with E-state index in [1.54, 1.807) is 0 Å². The number of rotatable bonds is 6. The van der Waals surface area contributed by atoms with Gasteiger partial charge in [-0.25, -0.2) is 0 Å². The maximum absolute atomic E-state index is 5.90. The number of anilines is 1. The zero-order valence-corrected chi connectivity index (χ0v) is 20.6. The molecule has 0 spiro atoms. The number of pyridine rings is 2. The molecule has 5 nitrogen and oxygen atoms in total. The lowest BCUT2D eigenvalue weighted by atomic mass is 9.96. The highest BCUT2D eigenvalue weighted by Crippen LogP contribution is 2.43. The van der Waals surface area contributed by atoms with Crippen molar-refractivity contribution in [3.63, 3.8) is 0 Å². The molecule has 1 fully saturated rings. The molecule has 1 aromatic carbocycles. The van der Waals surface area contributed by atoms with Crippen LogP contribution in [-0.2, 0) is 13.0 Å². The van der Waals surface area contributed by atoms with Crippen LogP contribution >= 0.6 is 12.2 Å². The SMILES string of the molecule is CCc1ccc(N2C(=S)N[C@@H](c3ccccn3)[C@@H]2c2cc(C)n(Cc3ccncc3)c2C)cc1. The number of nitrogens with one attached hydrogen (secondary N) is 1. The average Bonchev–Trinajstić information content (AvgIpc) is 3.36. The van der Waals surface area contributed by atoms with E-state index in [9.17, 15) is 0 Å². The van der Waals surface area contributed by atoms with Crippen LogP contribution in [-0.4, -0.2) is 19.6 Å². The first-order valence-corrected chi connectivity index (χ1v) is 12.1. The van der Waals surface area contributed by atoms with E-state index >= 15 is 0 Å². The minimum Gasteiger partial charge on any atom is -0.351 e. The first-order chi connectivity index (χ1) is 16.6. The van der Waals surface area contributed by atoms with E-state index in [2.05, 4.69) is 89.1 Å². The molecule has 3 aromatic heterocycles. The molecule has 0 saturated carbocycles. The molecule has 0 aliphatic carbocycles. The van der Waals surface area contributed by atoms with Crippen molar-refractivity contribution in [3.8, 4) is 0 Å². The first-order valence-electron chi connectivity index (χ1n) is 11.7. The number of thiocarbonyl (C=S) groups is 1. The van der Waals surface area contributed by atoms with Gasteiger partial charge in [0.15, 0.2) is 5.11 Å². The van der Waals surface area contributed by atoms with Gasteiger partial charge in [-0.1, -0.05) is 25.1 Å². The molecular formula is C28H29N5S. The smallest absolute Gasteiger partial charge is 0.174 e. The summed E-state index contributed by atoms with van der Waals surface area (Å²) < 4.78 is 2.37. The van der Waals surface area contributed by atoms with Crippen LogP contribution in [0.5, 0.6) is 0 Å². The zero-order chi connectivity index (χ0) is 23.7. The molecule has 4 aromatic rings. The van der Waals surface area contributed by atoms with Gasteiger partial charge in [0.25, 0.3) is 0 Å². The molecule has 1 aliphatic rings. The Balaban J connectivity index is 1.61. The second kappa shape index (κ2) is 9.39. The van der Waals surface area contributed by atoms with Crippen LogP contribution in [0.4, 0.5) is 5.69 Å². The fraction of sp³-hybridized carbons (Fsp3) is 0.250. The Morgan fingerprint density at radius 3 is 2.38 bits per heavy atom. The highest BCUT2D eigenvalue weighted by atomic mass is 32.1. The van der Waals surface area contributed by atoms with Crippen molar-refractivity contribution < 1.29 is 0 Å². The average molecular weight is 468 g/mol. The van der Waals surface area contributed by atoms with Gasteiger partial charge in [0.05, 0.1) is 17.8 Å². The lowest BCUT2D eigenvalue weighted by molar-refractivity contribution is 0.563. The van der Waals surface area contributed by atoms with E-state index in [4.69, 9.17) is 17.2 Å². The predicted octanol–water partition coefficient (Wildman–Crippen LogP) is 5.68. The summed E-state index contributed by atoms with van der Waals surface area (Å²) in [7, 11) is 0. The summed E-state index contributed by atoms with van der Waals surface area (Å²) in [4.78, 5) is 11.1. The third-order valence-corrected chi connectivity index (χ3v) is 7.06. The van der Waals surface area contributed by atoms with Gasteiger partial charge in [0.1, 0.15) is 0 Å². The maximum Gasteiger partial charge on any atom is 0.174 e. The van der Waals surface area contributed by atoms with Crippen molar-refractivity contribution in [1.29, 1.82) is 0 Å². The third kappa shape index (κ3) is 4.10. The Kier molecular flexibility index (Phi) is 6.16. The molecule has 6 heteroatoms. The second-order valence-corrected chi connectivity index (χ2v) is 9.17. The van der Waals surface area contributed by atoms with Gasteiger partial charge in [-0.2, -0.15) is 0 Å². The van der Waals surface area contributed by atoms with Crippen LogP contribution in [0.3, 0.4) is 0 Å². The van der Waals surface area contributed by atoms with Gasteiger partial charge >= 0.3 is 0 Å². The first kappa shape index (κ1) is 22.3. The van der Waals surface area contributed by atoms with Crippen LogP contribution in [0.15, 0.2) is 79.3 Å². The largest absolute Gasteiger partial charge is 0.351 e. The standard InChI is InChI=1S/C28H29N5S/c1-4-21-8-10-23(11-9-21)33-27(26(31-28(33)34)25-7-5-6-14-30-25)24-17-19(2)32(20(24)3)18-22-12-15-29-16-13-22/h5-17,26-27H,4,18H2,1-3H3,(H,31,34)/t26-,27-/m0/s1. The molecule has 1 N–H and O–H groups in total. The molecule has 1 saturated heterocycles. The van der Waals surface area contributed by atoms with Gasteiger partial charge < -0.3 is 14.8 Å². The summed E-state index contributed by atoms with van der Waals surface area (Å²) in [6.45, 7) is 7.37. The second-order valence-electron chi connectivity index (χ2n) is 8.78. The molecule has 0 unspecified atom stereocenters. The molecular weight excluding hydrogens is 438 g/mol. The molecule has 0 amide bonds. The minimum absolute atomic E-state index is 0.00716. The van der Waals surface area contributed by atoms with Gasteiger partial charge in [0.2, 0.25) is 0 Å². The van der Waals surface area contributed by atoms with Crippen molar-refractivity contribution in [3.05, 3.63) is 113 Å². The van der Waals surface area contributed by atoms with Gasteiger partial charge in [-0.3, -0.25) is 9.97 Å². The molecule has 4 heterocycles. The highest BCUT2D eigenvalue weighted by Gasteiger charge is 2.42. The normalized spacial score (nSPS) is 17.7. The van der Waals surface area contributed by atoms with E-state index < -0.39 is 0 Å². The maximum atomic E-state index is 5.90. The van der Waals surface area contributed by atoms with E-state index in [0.29, 0.717) is 0 Å². The lowest BCUT2D eigenvalue weighted by Gasteiger charge is -2.28. The molecule has 2 atom stereocenters. The molecule has 5 rings (SSSR count). The van der Waals surface area contributed by atoms with Crippen LogP contribution in [0.1, 0.15) is 52.8 Å². The van der Waals surface area contributed by atoms with E-state index in [-0.39, 0.29) is 12.1 Å². The van der Waals surface area contributed by atoms with Crippen molar-refractivity contribution in [2.45, 2.75) is 45.8 Å². The van der Waals surface area contributed by atoms with Crippen molar-refractivity contribution >= 4 is 23.0 Å². The molecule has 172 valence electrons. The quantitative estimate of drug-likeness (QED) is 0.370. The van der Waals surface area contributed by atoms with E-state index in [1.165, 1.54) is 28.1 Å². The van der Waals surface area contributed by atoms with E-state index in [1.807, 2.05) is 30.7 Å². The number of aryl methyl sites for hydroxylation is 2. The summed E-state index contributed by atoms with van der Waals surface area (Å²) in [6.07, 6.45) is 6.56. The Morgan fingerprint density at radius 2 is 1.71 bits per heavy atom. The number of hydrogen-bond acceptors (Lipinski definition) is 3. The zero-order valence-electron chi connectivity index (χ0n) is 19.8. The summed E-state index contributed by atoms with van der Waals surface area (Å²) >= 11 is 5.90. The summed E-state index contributed by atoms with van der Waals surface area (Å²) in [6, 6.07) is 21.2. The topological polar surface area (TPSA) is 46.0 Å².